The van der Waals surface area contributed by atoms with Crippen molar-refractivity contribution in [2.24, 2.45) is 0 Å². The van der Waals surface area contributed by atoms with E-state index in [9.17, 15) is 9.59 Å². The molecule has 16 heavy (non-hydrogen) atoms. The van der Waals surface area contributed by atoms with Crippen molar-refractivity contribution < 1.29 is 14.1 Å². The van der Waals surface area contributed by atoms with Crippen LogP contribution in [0.3, 0.4) is 0 Å². The van der Waals surface area contributed by atoms with Crippen molar-refractivity contribution in [2.45, 2.75) is 13.8 Å². The van der Waals surface area contributed by atoms with Crippen LogP contribution < -0.4 is 5.32 Å². The van der Waals surface area contributed by atoms with Gasteiger partial charge in [-0.3, -0.25) is 9.59 Å². The average Bonchev–Trinajstić information content (AvgIpc) is 2.57. The predicted molar refractivity (Wildman–Crippen MR) is 57.0 cm³/mol. The number of hydrogen-bond acceptors (Lipinski definition) is 4. The summed E-state index contributed by atoms with van der Waals surface area (Å²) in [7, 11) is 3.08. The first kappa shape index (κ1) is 12.2. The molecule has 6 heteroatoms. The Kier molecular flexibility index (Phi) is 3.65. The van der Waals surface area contributed by atoms with Gasteiger partial charge in [0.15, 0.2) is 0 Å². The van der Waals surface area contributed by atoms with Crippen molar-refractivity contribution in [3.05, 3.63) is 17.0 Å². The lowest BCUT2D eigenvalue weighted by molar-refractivity contribution is -0.121. The fraction of sp³-hybridized carbons (Fsp3) is 0.500. The van der Waals surface area contributed by atoms with Gasteiger partial charge in [0.1, 0.15) is 11.3 Å². The van der Waals surface area contributed by atoms with E-state index < -0.39 is 0 Å². The van der Waals surface area contributed by atoms with Gasteiger partial charge in [0.25, 0.3) is 5.91 Å². The molecular weight excluding hydrogens is 210 g/mol. The molecule has 1 N–H and O–H groups in total. The number of nitrogens with one attached hydrogen (secondary N) is 1. The zero-order valence-corrected chi connectivity index (χ0v) is 9.83. The fourth-order valence-electron chi connectivity index (χ4n) is 1.35. The largest absolute Gasteiger partial charge is 0.361 e. The highest BCUT2D eigenvalue weighted by atomic mass is 16.5. The van der Waals surface area contributed by atoms with Crippen LogP contribution in [0.2, 0.25) is 0 Å². The second-order valence-corrected chi connectivity index (χ2v) is 3.53. The Bertz CT molecular complexity index is 392. The predicted octanol–water partition coefficient (Wildman–Crippen LogP) is 0.109. The minimum atomic E-state index is -0.264. The summed E-state index contributed by atoms with van der Waals surface area (Å²) in [4.78, 5) is 24.4. The molecule has 0 saturated heterocycles. The van der Waals surface area contributed by atoms with Crippen molar-refractivity contribution in [3.8, 4) is 0 Å². The highest BCUT2D eigenvalue weighted by molar-refractivity contribution is 5.97. The average molecular weight is 225 g/mol. The SMILES string of the molecule is CNC(=O)CN(C)C(=O)c1c(C)noc1C. The highest BCUT2D eigenvalue weighted by Crippen LogP contribution is 2.14. The quantitative estimate of drug-likeness (QED) is 0.792. The first-order valence-electron chi connectivity index (χ1n) is 4.86. The van der Waals surface area contributed by atoms with Gasteiger partial charge in [-0.15, -0.1) is 0 Å². The Morgan fingerprint density at radius 3 is 2.50 bits per heavy atom. The standard InChI is InChI=1S/C10H15N3O3/c1-6-9(7(2)16-12-6)10(15)13(4)5-8(14)11-3/h5H2,1-4H3,(H,11,14). The van der Waals surface area contributed by atoms with Gasteiger partial charge in [-0.25, -0.2) is 0 Å². The Labute approximate surface area is 93.6 Å². The summed E-state index contributed by atoms with van der Waals surface area (Å²) in [5.41, 5.74) is 0.956. The summed E-state index contributed by atoms with van der Waals surface area (Å²) < 4.78 is 4.90. The van der Waals surface area contributed by atoms with Crippen LogP contribution in [-0.2, 0) is 4.79 Å². The molecule has 0 aromatic carbocycles. The molecule has 0 aliphatic rings. The lowest BCUT2D eigenvalue weighted by Gasteiger charge is -2.15. The van der Waals surface area contributed by atoms with Gasteiger partial charge in [0.2, 0.25) is 5.91 Å². The molecule has 2 amide bonds. The second kappa shape index (κ2) is 4.78. The molecule has 0 radical (unpaired) electrons. The van der Waals surface area contributed by atoms with E-state index in [-0.39, 0.29) is 18.4 Å². The van der Waals surface area contributed by atoms with Gasteiger partial charge in [-0.1, -0.05) is 5.16 Å². The maximum Gasteiger partial charge on any atom is 0.259 e. The molecule has 1 heterocycles. The molecular formula is C10H15N3O3. The van der Waals surface area contributed by atoms with Crippen LogP contribution in [0.5, 0.6) is 0 Å². The summed E-state index contributed by atoms with van der Waals surface area (Å²) in [5, 5.41) is 6.15. The fourth-order valence-corrected chi connectivity index (χ4v) is 1.35. The topological polar surface area (TPSA) is 75.4 Å². The Balaban J connectivity index is 2.82. The number of amides is 2. The molecule has 0 aliphatic heterocycles. The number of carbonyl (C=O) groups is 2. The first-order chi connectivity index (χ1) is 7.47. The number of carbonyl (C=O) groups excluding carboxylic acids is 2. The summed E-state index contributed by atoms with van der Waals surface area (Å²) in [6.07, 6.45) is 0. The van der Waals surface area contributed by atoms with E-state index in [0.717, 1.165) is 0 Å². The summed E-state index contributed by atoms with van der Waals surface area (Å²) >= 11 is 0. The number of aryl methyl sites for hydroxylation is 2. The lowest BCUT2D eigenvalue weighted by Crippen LogP contribution is -2.37. The van der Waals surface area contributed by atoms with Gasteiger partial charge in [-0.05, 0) is 13.8 Å². The third-order valence-corrected chi connectivity index (χ3v) is 2.25. The summed E-state index contributed by atoms with van der Waals surface area (Å²) in [6.45, 7) is 3.37. The van der Waals surface area contributed by atoms with Crippen LogP contribution in [0.4, 0.5) is 0 Å². The number of hydrogen-bond donors (Lipinski definition) is 1. The number of likely N-dealkylation sites (N-methyl/N-ethyl adjacent to an activating group) is 2. The van der Waals surface area contributed by atoms with Gasteiger partial charge in [0.05, 0.1) is 12.2 Å². The molecule has 0 saturated carbocycles. The van der Waals surface area contributed by atoms with Crippen molar-refractivity contribution >= 4 is 11.8 Å². The highest BCUT2D eigenvalue weighted by Gasteiger charge is 2.21. The van der Waals surface area contributed by atoms with E-state index in [2.05, 4.69) is 10.5 Å². The smallest absolute Gasteiger partial charge is 0.259 e. The second-order valence-electron chi connectivity index (χ2n) is 3.53. The van der Waals surface area contributed by atoms with Crippen LogP contribution in [0.1, 0.15) is 21.8 Å². The zero-order valence-electron chi connectivity index (χ0n) is 9.83. The van der Waals surface area contributed by atoms with E-state index in [1.54, 1.807) is 20.9 Å². The third kappa shape index (κ3) is 2.39. The molecule has 0 bridgehead atoms. The van der Waals surface area contributed by atoms with Crippen molar-refractivity contribution in [2.75, 3.05) is 20.6 Å². The zero-order chi connectivity index (χ0) is 12.3. The normalized spacial score (nSPS) is 10.0. The van der Waals surface area contributed by atoms with E-state index in [1.165, 1.54) is 11.9 Å². The molecule has 0 aliphatic carbocycles. The molecule has 1 rings (SSSR count). The molecule has 0 atom stereocenters. The van der Waals surface area contributed by atoms with E-state index >= 15 is 0 Å². The van der Waals surface area contributed by atoms with Gasteiger partial charge >= 0.3 is 0 Å². The van der Waals surface area contributed by atoms with Gasteiger partial charge < -0.3 is 14.7 Å². The Morgan fingerprint density at radius 2 is 2.06 bits per heavy atom. The number of rotatable bonds is 3. The number of nitrogens with zero attached hydrogens (tertiary/aromatic N) is 2. The Hall–Kier alpha value is -1.85. The summed E-state index contributed by atoms with van der Waals surface area (Å²) in [5.74, 6) is -0.0197. The molecule has 0 unspecified atom stereocenters. The van der Waals surface area contributed by atoms with E-state index in [0.29, 0.717) is 17.0 Å². The van der Waals surface area contributed by atoms with Crippen molar-refractivity contribution in [1.82, 2.24) is 15.4 Å². The summed E-state index contributed by atoms with van der Waals surface area (Å²) in [6, 6.07) is 0. The van der Waals surface area contributed by atoms with E-state index in [1.807, 2.05) is 0 Å². The molecule has 88 valence electrons. The van der Waals surface area contributed by atoms with Gasteiger partial charge in [-0.2, -0.15) is 0 Å². The van der Waals surface area contributed by atoms with Crippen LogP contribution in [0.25, 0.3) is 0 Å². The molecule has 1 aromatic rings. The molecule has 1 aromatic heterocycles. The van der Waals surface area contributed by atoms with Crippen molar-refractivity contribution in [1.29, 1.82) is 0 Å². The van der Waals surface area contributed by atoms with Crippen LogP contribution >= 0.6 is 0 Å². The molecule has 0 spiro atoms. The maximum atomic E-state index is 11.9. The van der Waals surface area contributed by atoms with Gasteiger partial charge in [0, 0.05) is 14.1 Å². The van der Waals surface area contributed by atoms with E-state index in [4.69, 9.17) is 4.52 Å². The first-order valence-corrected chi connectivity index (χ1v) is 4.86. The maximum absolute atomic E-state index is 11.9. The minimum absolute atomic E-state index is 0.0133. The molecule has 0 fully saturated rings. The lowest BCUT2D eigenvalue weighted by atomic mass is 10.2. The Morgan fingerprint density at radius 1 is 1.44 bits per heavy atom. The van der Waals surface area contributed by atoms with Crippen LogP contribution in [0, 0.1) is 13.8 Å². The monoisotopic (exact) mass is 225 g/mol. The van der Waals surface area contributed by atoms with Crippen molar-refractivity contribution in [3.63, 3.8) is 0 Å². The minimum Gasteiger partial charge on any atom is -0.361 e. The molecule has 6 nitrogen and oxygen atoms in total. The van der Waals surface area contributed by atoms with Crippen LogP contribution in [0.15, 0.2) is 4.52 Å². The number of aromatic nitrogens is 1. The third-order valence-electron chi connectivity index (χ3n) is 2.25. The van der Waals surface area contributed by atoms with Crippen LogP contribution in [-0.4, -0.2) is 42.5 Å².